The van der Waals surface area contributed by atoms with Gasteiger partial charge >= 0.3 is 12.3 Å². The third-order valence-corrected chi connectivity index (χ3v) is 5.49. The van der Waals surface area contributed by atoms with E-state index in [0.29, 0.717) is 47.1 Å². The average Bonchev–Trinajstić information content (AvgIpc) is 2.96. The zero-order valence-corrected chi connectivity index (χ0v) is 17.2. The number of carbonyl (C=O) groups is 1. The van der Waals surface area contributed by atoms with Crippen LogP contribution in [-0.4, -0.2) is 18.3 Å². The molecule has 0 aromatic heterocycles. The Morgan fingerprint density at radius 1 is 1.06 bits per heavy atom. The number of hydrogen-bond donors (Lipinski definition) is 1. The van der Waals surface area contributed by atoms with Crippen LogP contribution in [0.5, 0.6) is 5.75 Å². The summed E-state index contributed by atoms with van der Waals surface area (Å²) in [5.74, 6) is 0.379. The lowest BCUT2D eigenvalue weighted by Gasteiger charge is -2.32. The van der Waals surface area contributed by atoms with Gasteiger partial charge in [0.25, 0.3) is 0 Å². The number of amides is 1. The molecule has 0 fully saturated rings. The van der Waals surface area contributed by atoms with Gasteiger partial charge < -0.3 is 9.64 Å². The molecule has 0 unspecified atom stereocenters. The molecule has 2 aliphatic heterocycles. The second-order valence-electron chi connectivity index (χ2n) is 7.59. The van der Waals surface area contributed by atoms with Crippen molar-refractivity contribution in [3.63, 3.8) is 0 Å². The minimum absolute atomic E-state index is 0.195. The minimum atomic E-state index is -4.47. The lowest BCUT2D eigenvalue weighted by atomic mass is 9.95. The van der Waals surface area contributed by atoms with Crippen molar-refractivity contribution in [3.8, 4) is 5.75 Å². The number of halogens is 3. The quantitative estimate of drug-likeness (QED) is 0.377. The van der Waals surface area contributed by atoms with Crippen LogP contribution in [0.2, 0.25) is 0 Å². The topological polar surface area (TPSA) is 63.2 Å². The predicted octanol–water partition coefficient (Wildman–Crippen LogP) is 6.09. The molecule has 0 atom stereocenters. The van der Waals surface area contributed by atoms with Crippen molar-refractivity contribution in [2.24, 2.45) is 5.16 Å². The molecule has 0 aliphatic carbocycles. The number of hydrogen-bond acceptors (Lipinski definition) is 5. The van der Waals surface area contributed by atoms with Gasteiger partial charge in [0.2, 0.25) is 0 Å². The van der Waals surface area contributed by atoms with Crippen LogP contribution in [0.25, 0.3) is 0 Å². The van der Waals surface area contributed by atoms with Crippen LogP contribution in [0.15, 0.2) is 71.9 Å². The van der Waals surface area contributed by atoms with E-state index in [1.54, 1.807) is 30.3 Å². The molecule has 2 heterocycles. The summed E-state index contributed by atoms with van der Waals surface area (Å²) in [4.78, 5) is 19.0. The molecular formula is C24H18F3N3O3. The zero-order chi connectivity index (χ0) is 23.0. The van der Waals surface area contributed by atoms with Crippen molar-refractivity contribution in [2.45, 2.75) is 19.2 Å². The van der Waals surface area contributed by atoms with Gasteiger partial charge in [0.15, 0.2) is 0 Å². The largest absolute Gasteiger partial charge is 0.487 e. The molecule has 0 spiro atoms. The molecule has 3 aromatic rings. The molecule has 2 aliphatic rings. The highest BCUT2D eigenvalue weighted by atomic mass is 19.4. The molecule has 3 aromatic carbocycles. The highest BCUT2D eigenvalue weighted by Gasteiger charge is 2.35. The van der Waals surface area contributed by atoms with Gasteiger partial charge in [0.1, 0.15) is 12.4 Å². The van der Waals surface area contributed by atoms with Gasteiger partial charge in [0, 0.05) is 29.8 Å². The van der Waals surface area contributed by atoms with Crippen LogP contribution >= 0.6 is 0 Å². The highest BCUT2D eigenvalue weighted by Crippen LogP contribution is 2.45. The zero-order valence-electron chi connectivity index (χ0n) is 17.2. The van der Waals surface area contributed by atoms with Gasteiger partial charge in [-0.05, 0) is 30.3 Å². The van der Waals surface area contributed by atoms with E-state index in [9.17, 15) is 18.0 Å². The number of benzene rings is 3. The molecule has 0 bridgehead atoms. The van der Waals surface area contributed by atoms with Crippen LogP contribution in [0.4, 0.5) is 35.0 Å². The molecular weight excluding hydrogens is 435 g/mol. The standard InChI is InChI=1S/C24H18F3N3O3/c25-24(26,27)16-9-10-21-20(13-16)30-12-11-19(18-8-4-5-15(14-32-21)22(18)30)29-33-23(31)28-17-6-2-1-3-7-17/h1-10,13H,11-12,14H2,(H,28,31)/b29-19-. The normalized spacial score (nSPS) is 15.7. The van der Waals surface area contributed by atoms with Crippen LogP contribution in [-0.2, 0) is 17.6 Å². The summed E-state index contributed by atoms with van der Waals surface area (Å²) < 4.78 is 45.8. The Morgan fingerprint density at radius 2 is 1.88 bits per heavy atom. The van der Waals surface area contributed by atoms with Gasteiger partial charge in [-0.25, -0.2) is 4.79 Å². The van der Waals surface area contributed by atoms with Crippen molar-refractivity contribution in [2.75, 3.05) is 16.8 Å². The fourth-order valence-electron chi connectivity index (χ4n) is 4.00. The number of nitrogens with one attached hydrogen (secondary N) is 1. The summed E-state index contributed by atoms with van der Waals surface area (Å²) in [6.07, 6.45) is -4.83. The van der Waals surface area contributed by atoms with E-state index < -0.39 is 17.8 Å². The lowest BCUT2D eigenvalue weighted by Crippen LogP contribution is -2.29. The van der Waals surface area contributed by atoms with Crippen molar-refractivity contribution in [1.29, 1.82) is 0 Å². The van der Waals surface area contributed by atoms with Crippen LogP contribution in [0, 0.1) is 0 Å². The number of rotatable bonds is 2. The first-order chi connectivity index (χ1) is 15.9. The van der Waals surface area contributed by atoms with Gasteiger partial charge in [0.05, 0.1) is 22.6 Å². The number of alkyl halides is 3. The fourth-order valence-corrected chi connectivity index (χ4v) is 4.00. The predicted molar refractivity (Wildman–Crippen MR) is 117 cm³/mol. The second kappa shape index (κ2) is 8.16. The molecule has 0 saturated heterocycles. The number of fused-ring (bicyclic) bond motifs is 2. The van der Waals surface area contributed by atoms with E-state index in [4.69, 9.17) is 9.57 Å². The lowest BCUT2D eigenvalue weighted by molar-refractivity contribution is -0.137. The average molecular weight is 453 g/mol. The summed E-state index contributed by atoms with van der Waals surface area (Å²) in [5.41, 5.74) is 2.89. The van der Waals surface area contributed by atoms with Gasteiger partial charge in [-0.1, -0.05) is 41.6 Å². The van der Waals surface area contributed by atoms with E-state index >= 15 is 0 Å². The van der Waals surface area contributed by atoms with E-state index in [0.717, 1.165) is 17.7 Å². The number of para-hydroxylation sites is 2. The Kier molecular flexibility index (Phi) is 5.16. The first-order valence-electron chi connectivity index (χ1n) is 10.2. The van der Waals surface area contributed by atoms with E-state index in [2.05, 4.69) is 10.5 Å². The third kappa shape index (κ3) is 4.09. The Labute approximate surface area is 187 Å². The van der Waals surface area contributed by atoms with E-state index in [1.165, 1.54) is 6.07 Å². The van der Waals surface area contributed by atoms with E-state index in [1.807, 2.05) is 23.1 Å². The van der Waals surface area contributed by atoms with Gasteiger partial charge in [-0.3, -0.25) is 10.2 Å². The molecule has 0 saturated carbocycles. The first-order valence-corrected chi connectivity index (χ1v) is 10.2. The van der Waals surface area contributed by atoms with Crippen LogP contribution in [0.1, 0.15) is 23.1 Å². The summed E-state index contributed by atoms with van der Waals surface area (Å²) in [7, 11) is 0. The third-order valence-electron chi connectivity index (χ3n) is 5.49. The smallest absolute Gasteiger partial charge is 0.437 e. The maximum atomic E-state index is 13.3. The molecule has 6 nitrogen and oxygen atoms in total. The Balaban J connectivity index is 1.47. The first kappa shape index (κ1) is 20.9. The molecule has 168 valence electrons. The monoisotopic (exact) mass is 453 g/mol. The fraction of sp³-hybridized carbons (Fsp3) is 0.167. The number of oxime groups is 1. The summed E-state index contributed by atoms with van der Waals surface area (Å²) in [6.45, 7) is 0.546. The van der Waals surface area contributed by atoms with Crippen LogP contribution in [0.3, 0.4) is 0 Å². The molecule has 5 rings (SSSR count). The van der Waals surface area contributed by atoms with Crippen molar-refractivity contribution >= 4 is 28.9 Å². The second-order valence-corrected chi connectivity index (χ2v) is 7.59. The molecule has 0 radical (unpaired) electrons. The number of anilines is 3. The van der Waals surface area contributed by atoms with Crippen molar-refractivity contribution in [1.82, 2.24) is 0 Å². The minimum Gasteiger partial charge on any atom is -0.487 e. The Bertz CT molecular complexity index is 1240. The number of nitrogens with zero attached hydrogens (tertiary/aromatic N) is 2. The molecule has 1 N–H and O–H groups in total. The maximum Gasteiger partial charge on any atom is 0.437 e. The number of ether oxygens (including phenoxy) is 1. The highest BCUT2D eigenvalue weighted by molar-refractivity contribution is 6.09. The summed E-state index contributed by atoms with van der Waals surface area (Å²) >= 11 is 0. The number of carbonyl (C=O) groups excluding carboxylic acids is 1. The summed E-state index contributed by atoms with van der Waals surface area (Å²) in [6, 6.07) is 17.8. The van der Waals surface area contributed by atoms with Crippen molar-refractivity contribution < 1.29 is 27.5 Å². The Hall–Kier alpha value is -4.01. The summed E-state index contributed by atoms with van der Waals surface area (Å²) in [5, 5.41) is 6.64. The van der Waals surface area contributed by atoms with Crippen molar-refractivity contribution in [3.05, 3.63) is 83.4 Å². The molecule has 9 heteroatoms. The Morgan fingerprint density at radius 3 is 2.67 bits per heavy atom. The van der Waals surface area contributed by atoms with Gasteiger partial charge in [-0.2, -0.15) is 13.2 Å². The maximum absolute atomic E-state index is 13.3. The van der Waals surface area contributed by atoms with E-state index in [-0.39, 0.29) is 6.61 Å². The SMILES string of the molecule is O=C(Nc1ccccc1)O/N=C1/CCN2c3cc(C(F)(F)F)ccc3OCc3cccc1c32. The molecule has 1 amide bonds. The van der Waals surface area contributed by atoms with Crippen LogP contribution < -0.4 is 15.0 Å². The van der Waals surface area contributed by atoms with Gasteiger partial charge in [-0.15, -0.1) is 0 Å². The molecule has 33 heavy (non-hydrogen) atoms.